The summed E-state index contributed by atoms with van der Waals surface area (Å²) in [5, 5.41) is 3.62. The number of benzene rings is 4. The first kappa shape index (κ1) is 20.4. The lowest BCUT2D eigenvalue weighted by atomic mass is 9.66. The molecule has 164 valence electrons. The third-order valence-electron chi connectivity index (χ3n) is 7.23. The van der Waals surface area contributed by atoms with E-state index in [0.717, 1.165) is 12.8 Å². The average Bonchev–Trinajstić information content (AvgIpc) is 3.49. The maximum atomic E-state index is 5.27. The molecule has 2 N–H and O–H groups in total. The van der Waals surface area contributed by atoms with Gasteiger partial charge in [0.1, 0.15) is 0 Å². The minimum atomic E-state index is -0.287. The fourth-order valence-electron chi connectivity index (χ4n) is 5.74. The van der Waals surface area contributed by atoms with E-state index in [0.29, 0.717) is 0 Å². The summed E-state index contributed by atoms with van der Waals surface area (Å²) in [5.74, 6) is 5.27. The topological polar surface area (TPSA) is 38.4 Å². The van der Waals surface area contributed by atoms with E-state index in [4.69, 9.17) is 5.84 Å². The Labute approximate surface area is 200 Å². The van der Waals surface area contributed by atoms with Crippen molar-refractivity contribution in [2.75, 3.05) is 0 Å². The van der Waals surface area contributed by atoms with Gasteiger partial charge in [0.15, 0.2) is 0 Å². The van der Waals surface area contributed by atoms with Crippen LogP contribution >= 0.6 is 0 Å². The van der Waals surface area contributed by atoms with Crippen LogP contribution in [0.1, 0.15) is 34.2 Å². The molecule has 0 aliphatic heterocycles. The zero-order valence-corrected chi connectivity index (χ0v) is 19.0. The summed E-state index contributed by atoms with van der Waals surface area (Å²) >= 11 is 0. The summed E-state index contributed by atoms with van der Waals surface area (Å²) in [6.45, 7) is 0. The Balaban J connectivity index is 1.57. The molecule has 0 atom stereocenters. The normalized spacial score (nSPS) is 15.6. The van der Waals surface area contributed by atoms with Crippen molar-refractivity contribution in [3.63, 3.8) is 0 Å². The molecule has 0 amide bonds. The standard InChI is InChI=1S/C32H26N2/c33-34-21-20-23-14-16-24(17-15-23)25-18-19-29-28-12-7-13-30(28)32(31(29)22-25,26-8-3-1-4-9-26)27-10-5-2-6-11-27/h1-12,14-19,21-22H,13,20,33H2/b34-21-. The fraction of sp³-hybridized carbons (Fsp3) is 0.0938. The number of nitrogens with two attached hydrogens (primary N) is 1. The number of rotatable bonds is 5. The minimum absolute atomic E-state index is 0.287. The first-order valence-electron chi connectivity index (χ1n) is 11.8. The van der Waals surface area contributed by atoms with Crippen LogP contribution in [0, 0.1) is 0 Å². The summed E-state index contributed by atoms with van der Waals surface area (Å²) in [5.41, 5.74) is 11.6. The molecule has 2 aliphatic carbocycles. The summed E-state index contributed by atoms with van der Waals surface area (Å²) in [4.78, 5) is 0. The van der Waals surface area contributed by atoms with E-state index in [9.17, 15) is 0 Å². The van der Waals surface area contributed by atoms with Crippen molar-refractivity contribution in [3.8, 4) is 11.1 Å². The van der Waals surface area contributed by atoms with Gasteiger partial charge in [0.2, 0.25) is 0 Å². The van der Waals surface area contributed by atoms with Gasteiger partial charge in [0.05, 0.1) is 5.41 Å². The van der Waals surface area contributed by atoms with Gasteiger partial charge in [0, 0.05) is 12.6 Å². The second-order valence-corrected chi connectivity index (χ2v) is 8.97. The average molecular weight is 439 g/mol. The Morgan fingerprint density at radius 1 is 0.765 bits per heavy atom. The molecule has 34 heavy (non-hydrogen) atoms. The number of hydrazone groups is 1. The van der Waals surface area contributed by atoms with Crippen molar-refractivity contribution >= 4 is 11.8 Å². The monoisotopic (exact) mass is 438 g/mol. The lowest BCUT2D eigenvalue weighted by molar-refractivity contribution is 0.728. The van der Waals surface area contributed by atoms with Crippen LogP contribution in [0.4, 0.5) is 0 Å². The number of fused-ring (bicyclic) bond motifs is 2. The maximum Gasteiger partial charge on any atom is 0.0679 e. The van der Waals surface area contributed by atoms with Crippen LogP contribution in [-0.4, -0.2) is 6.21 Å². The number of nitrogens with zero attached hydrogens (tertiary/aromatic N) is 1. The second-order valence-electron chi connectivity index (χ2n) is 8.97. The quantitative estimate of drug-likeness (QED) is 0.205. The molecule has 0 heterocycles. The Kier molecular flexibility index (Phi) is 5.00. The minimum Gasteiger partial charge on any atom is -0.324 e. The molecular formula is C32H26N2. The molecule has 0 bridgehead atoms. The number of allylic oxidation sites excluding steroid dienone is 4. The van der Waals surface area contributed by atoms with Crippen molar-refractivity contribution in [2.45, 2.75) is 18.3 Å². The maximum absolute atomic E-state index is 5.27. The first-order chi connectivity index (χ1) is 16.8. The largest absolute Gasteiger partial charge is 0.324 e. The van der Waals surface area contributed by atoms with E-state index >= 15 is 0 Å². The smallest absolute Gasteiger partial charge is 0.0679 e. The lowest BCUT2D eigenvalue weighted by Gasteiger charge is -2.35. The molecule has 0 radical (unpaired) electrons. The van der Waals surface area contributed by atoms with Gasteiger partial charge < -0.3 is 5.84 Å². The van der Waals surface area contributed by atoms with Crippen LogP contribution in [0.2, 0.25) is 0 Å². The molecule has 6 rings (SSSR count). The number of hydrogen-bond acceptors (Lipinski definition) is 2. The zero-order chi connectivity index (χ0) is 23.0. The van der Waals surface area contributed by atoms with Crippen LogP contribution in [0.5, 0.6) is 0 Å². The summed E-state index contributed by atoms with van der Waals surface area (Å²) in [6, 6.07) is 37.7. The summed E-state index contributed by atoms with van der Waals surface area (Å²) in [6.07, 6.45) is 8.08. The van der Waals surface area contributed by atoms with E-state index in [1.54, 1.807) is 6.21 Å². The van der Waals surface area contributed by atoms with Gasteiger partial charge in [0.25, 0.3) is 0 Å². The van der Waals surface area contributed by atoms with Crippen molar-refractivity contribution in [1.29, 1.82) is 0 Å². The molecule has 2 aliphatic rings. The molecule has 4 aromatic rings. The van der Waals surface area contributed by atoms with Gasteiger partial charge in [-0.1, -0.05) is 109 Å². The van der Waals surface area contributed by atoms with Gasteiger partial charge in [-0.25, -0.2) is 0 Å². The highest BCUT2D eigenvalue weighted by molar-refractivity contribution is 5.93. The molecule has 0 unspecified atom stereocenters. The predicted molar refractivity (Wildman–Crippen MR) is 142 cm³/mol. The van der Waals surface area contributed by atoms with Crippen LogP contribution in [0.3, 0.4) is 0 Å². The molecule has 2 heteroatoms. The van der Waals surface area contributed by atoms with Crippen molar-refractivity contribution in [1.82, 2.24) is 0 Å². The van der Waals surface area contributed by atoms with Gasteiger partial charge in [-0.2, -0.15) is 5.10 Å². The summed E-state index contributed by atoms with van der Waals surface area (Å²) < 4.78 is 0. The van der Waals surface area contributed by atoms with Crippen molar-refractivity contribution in [2.24, 2.45) is 10.9 Å². The Morgan fingerprint density at radius 2 is 1.41 bits per heavy atom. The molecule has 0 fully saturated rings. The van der Waals surface area contributed by atoms with E-state index in [1.165, 1.54) is 50.1 Å². The van der Waals surface area contributed by atoms with Crippen LogP contribution in [-0.2, 0) is 11.8 Å². The summed E-state index contributed by atoms with van der Waals surface area (Å²) in [7, 11) is 0. The van der Waals surface area contributed by atoms with E-state index in [-0.39, 0.29) is 5.41 Å². The van der Waals surface area contributed by atoms with Crippen LogP contribution in [0.15, 0.2) is 126 Å². The van der Waals surface area contributed by atoms with E-state index in [2.05, 4.69) is 120 Å². The predicted octanol–water partition coefficient (Wildman–Crippen LogP) is 6.90. The van der Waals surface area contributed by atoms with Crippen LogP contribution < -0.4 is 5.84 Å². The highest BCUT2D eigenvalue weighted by Gasteiger charge is 2.47. The molecular weight excluding hydrogens is 412 g/mol. The second kappa shape index (κ2) is 8.31. The first-order valence-corrected chi connectivity index (χ1v) is 11.8. The van der Waals surface area contributed by atoms with E-state index in [1.807, 2.05) is 0 Å². The van der Waals surface area contributed by atoms with Crippen molar-refractivity contribution in [3.05, 3.63) is 149 Å². The Bertz CT molecular complexity index is 1390. The fourth-order valence-corrected chi connectivity index (χ4v) is 5.74. The highest BCUT2D eigenvalue weighted by atomic mass is 15.1. The Morgan fingerprint density at radius 3 is 2.06 bits per heavy atom. The molecule has 0 spiro atoms. The molecule has 4 aromatic carbocycles. The molecule has 0 saturated carbocycles. The third-order valence-corrected chi connectivity index (χ3v) is 7.23. The molecule has 0 saturated heterocycles. The van der Waals surface area contributed by atoms with Crippen molar-refractivity contribution < 1.29 is 0 Å². The number of hydrogen-bond donors (Lipinski definition) is 1. The van der Waals surface area contributed by atoms with Gasteiger partial charge >= 0.3 is 0 Å². The lowest BCUT2D eigenvalue weighted by Crippen LogP contribution is -2.29. The Hall–Kier alpha value is -4.17. The molecule has 2 nitrogen and oxygen atoms in total. The van der Waals surface area contributed by atoms with E-state index < -0.39 is 0 Å². The van der Waals surface area contributed by atoms with Gasteiger partial charge in [-0.15, -0.1) is 0 Å². The van der Waals surface area contributed by atoms with Gasteiger partial charge in [-0.3, -0.25) is 0 Å². The van der Waals surface area contributed by atoms with Crippen LogP contribution in [0.25, 0.3) is 16.7 Å². The molecule has 0 aromatic heterocycles. The third kappa shape index (κ3) is 3.07. The highest BCUT2D eigenvalue weighted by Crippen LogP contribution is 2.58. The van der Waals surface area contributed by atoms with Gasteiger partial charge in [-0.05, 0) is 62.6 Å². The SMILES string of the molecule is N/N=C\Cc1ccc(-c2ccc3c(c2)C(c2ccccc2)(c2ccccc2)C2=C3C=CC2)cc1. The zero-order valence-electron chi connectivity index (χ0n) is 19.0.